The molecule has 0 radical (unpaired) electrons. The topological polar surface area (TPSA) is 74.5 Å². The SMILES string of the molecule is Oc1cccc2ccc(CN3CCc4nc(C5=NCCCC5)ncc4C3)nc12. The van der Waals surface area contributed by atoms with Gasteiger partial charge in [0, 0.05) is 49.7 Å². The van der Waals surface area contributed by atoms with Crippen LogP contribution < -0.4 is 0 Å². The van der Waals surface area contributed by atoms with Crippen LogP contribution in [0.4, 0.5) is 0 Å². The molecular formula is C22H23N5O. The van der Waals surface area contributed by atoms with E-state index in [1.165, 1.54) is 18.4 Å². The maximum absolute atomic E-state index is 10.1. The molecule has 3 aromatic rings. The first kappa shape index (κ1) is 17.3. The second kappa shape index (κ2) is 7.28. The van der Waals surface area contributed by atoms with E-state index in [0.29, 0.717) is 5.52 Å². The fourth-order valence-electron chi connectivity index (χ4n) is 4.02. The highest BCUT2D eigenvalue weighted by atomic mass is 16.3. The second-order valence-corrected chi connectivity index (χ2v) is 7.56. The highest BCUT2D eigenvalue weighted by Crippen LogP contribution is 2.24. The van der Waals surface area contributed by atoms with Gasteiger partial charge in [0.2, 0.25) is 0 Å². The van der Waals surface area contributed by atoms with Crippen molar-refractivity contribution in [1.82, 2.24) is 19.9 Å². The summed E-state index contributed by atoms with van der Waals surface area (Å²) in [6.45, 7) is 3.41. The summed E-state index contributed by atoms with van der Waals surface area (Å²) in [7, 11) is 0. The average molecular weight is 373 g/mol. The van der Waals surface area contributed by atoms with Crippen molar-refractivity contribution in [3.05, 3.63) is 59.3 Å². The van der Waals surface area contributed by atoms with Gasteiger partial charge in [0.25, 0.3) is 0 Å². The predicted octanol–water partition coefficient (Wildman–Crippen LogP) is 3.26. The lowest BCUT2D eigenvalue weighted by Crippen LogP contribution is -2.31. The van der Waals surface area contributed by atoms with Crippen molar-refractivity contribution in [3.8, 4) is 5.75 Å². The normalized spacial score (nSPS) is 17.4. The van der Waals surface area contributed by atoms with Gasteiger partial charge < -0.3 is 5.11 Å². The number of aromatic nitrogens is 3. The number of aliphatic imine (C=N–C) groups is 1. The highest BCUT2D eigenvalue weighted by molar-refractivity contribution is 5.97. The second-order valence-electron chi connectivity index (χ2n) is 7.56. The molecule has 0 aliphatic carbocycles. The molecule has 0 unspecified atom stereocenters. The van der Waals surface area contributed by atoms with Crippen molar-refractivity contribution in [1.29, 1.82) is 0 Å². The first-order chi connectivity index (χ1) is 13.8. The molecule has 6 nitrogen and oxygen atoms in total. The van der Waals surface area contributed by atoms with E-state index < -0.39 is 0 Å². The van der Waals surface area contributed by atoms with E-state index in [1.807, 2.05) is 30.5 Å². The minimum atomic E-state index is 0.231. The molecule has 0 fully saturated rings. The number of pyridine rings is 1. The molecule has 0 saturated carbocycles. The third kappa shape index (κ3) is 3.36. The number of phenolic OH excluding ortho intramolecular Hbond substituents is 1. The number of phenols is 1. The van der Waals surface area contributed by atoms with E-state index in [1.54, 1.807) is 6.07 Å². The van der Waals surface area contributed by atoms with E-state index in [2.05, 4.69) is 19.9 Å². The van der Waals surface area contributed by atoms with E-state index in [9.17, 15) is 5.11 Å². The predicted molar refractivity (Wildman–Crippen MR) is 109 cm³/mol. The Bertz CT molecular complexity index is 1060. The van der Waals surface area contributed by atoms with Crippen LogP contribution in [0.5, 0.6) is 5.75 Å². The number of nitrogens with zero attached hydrogens (tertiary/aromatic N) is 5. The monoisotopic (exact) mass is 373 g/mol. The molecule has 0 amide bonds. The first-order valence-corrected chi connectivity index (χ1v) is 9.95. The van der Waals surface area contributed by atoms with Gasteiger partial charge in [-0.15, -0.1) is 0 Å². The molecule has 2 aliphatic heterocycles. The molecule has 6 heteroatoms. The Morgan fingerprint density at radius 1 is 1.04 bits per heavy atom. The zero-order valence-electron chi connectivity index (χ0n) is 15.8. The number of para-hydroxylation sites is 1. The summed E-state index contributed by atoms with van der Waals surface area (Å²) in [6, 6.07) is 9.55. The van der Waals surface area contributed by atoms with Gasteiger partial charge in [0.15, 0.2) is 5.82 Å². The van der Waals surface area contributed by atoms with Crippen molar-refractivity contribution in [2.45, 2.75) is 38.8 Å². The van der Waals surface area contributed by atoms with Crippen LogP contribution in [0, 0.1) is 0 Å². The molecule has 5 rings (SSSR count). The van der Waals surface area contributed by atoms with Crippen LogP contribution >= 0.6 is 0 Å². The highest BCUT2D eigenvalue weighted by Gasteiger charge is 2.20. The molecule has 28 heavy (non-hydrogen) atoms. The fourth-order valence-corrected chi connectivity index (χ4v) is 4.02. The lowest BCUT2D eigenvalue weighted by Gasteiger charge is -2.28. The molecule has 142 valence electrons. The number of benzene rings is 1. The zero-order chi connectivity index (χ0) is 18.9. The Morgan fingerprint density at radius 3 is 2.89 bits per heavy atom. The van der Waals surface area contributed by atoms with Gasteiger partial charge in [-0.25, -0.2) is 15.0 Å². The molecule has 2 aliphatic rings. The summed E-state index contributed by atoms with van der Waals surface area (Å²) in [5.41, 5.74) is 5.04. The van der Waals surface area contributed by atoms with Crippen LogP contribution in [0.3, 0.4) is 0 Å². The quantitative estimate of drug-likeness (QED) is 0.763. The Labute approximate surface area is 164 Å². The number of fused-ring (bicyclic) bond motifs is 2. The molecule has 4 heterocycles. The standard InChI is InChI=1S/C22H23N5O/c28-20-6-3-4-15-7-8-17(25-21(15)20)14-27-11-9-18-16(13-27)12-24-22(26-18)19-5-1-2-10-23-19/h3-4,6-8,12,28H,1-2,5,9-11,13-14H2. The van der Waals surface area contributed by atoms with Crippen molar-refractivity contribution in [2.24, 2.45) is 4.99 Å². The first-order valence-electron chi connectivity index (χ1n) is 9.95. The lowest BCUT2D eigenvalue weighted by atomic mass is 10.1. The van der Waals surface area contributed by atoms with E-state index >= 15 is 0 Å². The van der Waals surface area contributed by atoms with Crippen molar-refractivity contribution in [3.63, 3.8) is 0 Å². The zero-order valence-corrected chi connectivity index (χ0v) is 15.8. The summed E-state index contributed by atoms with van der Waals surface area (Å²) in [4.78, 5) is 21.0. The summed E-state index contributed by atoms with van der Waals surface area (Å²) >= 11 is 0. The summed E-state index contributed by atoms with van der Waals surface area (Å²) < 4.78 is 0. The van der Waals surface area contributed by atoms with E-state index in [-0.39, 0.29) is 5.75 Å². The number of hydrogen-bond donors (Lipinski definition) is 1. The minimum Gasteiger partial charge on any atom is -0.506 e. The van der Waals surface area contributed by atoms with Gasteiger partial charge in [0.05, 0.1) is 17.1 Å². The maximum atomic E-state index is 10.1. The Morgan fingerprint density at radius 2 is 2.00 bits per heavy atom. The molecule has 0 spiro atoms. The van der Waals surface area contributed by atoms with Gasteiger partial charge >= 0.3 is 0 Å². The van der Waals surface area contributed by atoms with Crippen LogP contribution in [-0.2, 0) is 19.5 Å². The van der Waals surface area contributed by atoms with Gasteiger partial charge in [-0.05, 0) is 31.4 Å². The Hall–Kier alpha value is -2.86. The van der Waals surface area contributed by atoms with Crippen LogP contribution in [0.25, 0.3) is 10.9 Å². The number of rotatable bonds is 3. The van der Waals surface area contributed by atoms with Crippen LogP contribution in [-0.4, -0.2) is 43.8 Å². The van der Waals surface area contributed by atoms with Crippen molar-refractivity contribution >= 4 is 16.6 Å². The molecule has 0 atom stereocenters. The lowest BCUT2D eigenvalue weighted by molar-refractivity contribution is 0.240. The molecular weight excluding hydrogens is 350 g/mol. The summed E-state index contributed by atoms with van der Waals surface area (Å²) in [6.07, 6.45) is 6.23. The molecule has 1 aromatic carbocycles. The van der Waals surface area contributed by atoms with E-state index in [0.717, 1.165) is 67.3 Å². The smallest absolute Gasteiger partial charge is 0.173 e. The third-order valence-electron chi connectivity index (χ3n) is 5.54. The average Bonchev–Trinajstić information content (AvgIpc) is 2.75. The Kier molecular flexibility index (Phi) is 4.49. The van der Waals surface area contributed by atoms with Crippen LogP contribution in [0.1, 0.15) is 42.0 Å². The molecule has 1 N–H and O–H groups in total. The minimum absolute atomic E-state index is 0.231. The van der Waals surface area contributed by atoms with Crippen LogP contribution in [0.15, 0.2) is 41.5 Å². The maximum Gasteiger partial charge on any atom is 0.173 e. The van der Waals surface area contributed by atoms with Gasteiger partial charge in [-0.2, -0.15) is 0 Å². The molecule has 0 saturated heterocycles. The Balaban J connectivity index is 1.33. The van der Waals surface area contributed by atoms with E-state index in [4.69, 9.17) is 4.98 Å². The van der Waals surface area contributed by atoms with Crippen molar-refractivity contribution < 1.29 is 5.11 Å². The molecule has 0 bridgehead atoms. The van der Waals surface area contributed by atoms with Gasteiger partial charge in [-0.3, -0.25) is 9.89 Å². The number of hydrogen-bond acceptors (Lipinski definition) is 6. The van der Waals surface area contributed by atoms with Gasteiger partial charge in [-0.1, -0.05) is 18.2 Å². The van der Waals surface area contributed by atoms with Gasteiger partial charge in [0.1, 0.15) is 11.3 Å². The number of aromatic hydroxyl groups is 1. The largest absolute Gasteiger partial charge is 0.506 e. The molecule has 2 aromatic heterocycles. The fraction of sp³-hybridized carbons (Fsp3) is 0.364. The summed E-state index contributed by atoms with van der Waals surface area (Å²) in [5.74, 6) is 1.05. The third-order valence-corrected chi connectivity index (χ3v) is 5.54. The van der Waals surface area contributed by atoms with Crippen molar-refractivity contribution in [2.75, 3.05) is 13.1 Å². The summed E-state index contributed by atoms with van der Waals surface area (Å²) in [5, 5.41) is 11.0. The van der Waals surface area contributed by atoms with Crippen LogP contribution in [0.2, 0.25) is 0 Å².